The van der Waals surface area contributed by atoms with Crippen LogP contribution < -0.4 is 10.6 Å². The van der Waals surface area contributed by atoms with E-state index in [2.05, 4.69) is 20.0 Å². The first-order valence-electron chi connectivity index (χ1n) is 6.83. The fourth-order valence-corrected chi connectivity index (χ4v) is 2.96. The molecule has 0 unspecified atom stereocenters. The van der Waals surface area contributed by atoms with Crippen molar-refractivity contribution in [3.05, 3.63) is 5.51 Å². The van der Waals surface area contributed by atoms with E-state index in [0.717, 1.165) is 37.7 Å². The van der Waals surface area contributed by atoms with Crippen molar-refractivity contribution in [3.8, 4) is 0 Å². The van der Waals surface area contributed by atoms with Crippen LogP contribution in [0.15, 0.2) is 5.51 Å². The molecule has 2 N–H and O–H groups in total. The maximum atomic E-state index is 5.51. The highest BCUT2D eigenvalue weighted by atomic mass is 32.1. The van der Waals surface area contributed by atoms with Gasteiger partial charge >= 0.3 is 0 Å². The third kappa shape index (κ3) is 4.19. The van der Waals surface area contributed by atoms with Gasteiger partial charge < -0.3 is 15.5 Å². The van der Waals surface area contributed by atoms with Gasteiger partial charge in [-0.1, -0.05) is 17.8 Å². The van der Waals surface area contributed by atoms with Crippen molar-refractivity contribution in [2.45, 2.75) is 25.7 Å². The van der Waals surface area contributed by atoms with Crippen LogP contribution >= 0.6 is 11.3 Å². The van der Waals surface area contributed by atoms with Crippen LogP contribution in [0.3, 0.4) is 0 Å². The molecule has 0 saturated carbocycles. The first kappa shape index (κ1) is 13.7. The zero-order chi connectivity index (χ0) is 12.6. The van der Waals surface area contributed by atoms with E-state index in [1.165, 1.54) is 32.4 Å². The third-order valence-electron chi connectivity index (χ3n) is 3.39. The quantitative estimate of drug-likeness (QED) is 0.786. The van der Waals surface area contributed by atoms with Crippen molar-refractivity contribution in [1.29, 1.82) is 0 Å². The van der Waals surface area contributed by atoms with Gasteiger partial charge in [0.1, 0.15) is 5.51 Å². The molecule has 2 heterocycles. The predicted molar refractivity (Wildman–Crippen MR) is 76.1 cm³/mol. The van der Waals surface area contributed by atoms with E-state index in [4.69, 9.17) is 5.73 Å². The fraction of sp³-hybridized carbons (Fsp3) is 0.833. The molecule has 18 heavy (non-hydrogen) atoms. The number of anilines is 1. The number of rotatable bonds is 6. The van der Waals surface area contributed by atoms with E-state index in [9.17, 15) is 0 Å². The lowest BCUT2D eigenvalue weighted by molar-refractivity contribution is 0.286. The fourth-order valence-electron chi connectivity index (χ4n) is 2.35. The first-order chi connectivity index (χ1) is 8.90. The van der Waals surface area contributed by atoms with Crippen LogP contribution in [0.4, 0.5) is 5.13 Å². The normalized spacial score (nSPS) is 17.9. The molecule has 0 bridgehead atoms. The molecule has 2 rings (SSSR count). The molecule has 5 nitrogen and oxygen atoms in total. The van der Waals surface area contributed by atoms with Gasteiger partial charge in [-0.25, -0.2) is 0 Å². The number of hydrogen-bond acceptors (Lipinski definition) is 6. The van der Waals surface area contributed by atoms with Crippen molar-refractivity contribution in [1.82, 2.24) is 15.1 Å². The molecule has 1 aromatic rings. The minimum Gasteiger partial charge on any atom is -0.345 e. The number of nitrogens with two attached hydrogens (primary N) is 1. The Bertz CT molecular complexity index is 316. The van der Waals surface area contributed by atoms with Gasteiger partial charge in [-0.05, 0) is 38.9 Å². The van der Waals surface area contributed by atoms with Gasteiger partial charge in [0.05, 0.1) is 0 Å². The molecule has 0 radical (unpaired) electrons. The second-order valence-corrected chi connectivity index (χ2v) is 5.56. The molecule has 0 atom stereocenters. The number of nitrogens with zero attached hydrogens (tertiary/aromatic N) is 4. The second kappa shape index (κ2) is 7.66. The average molecular weight is 269 g/mol. The van der Waals surface area contributed by atoms with Gasteiger partial charge in [-0.3, -0.25) is 0 Å². The van der Waals surface area contributed by atoms with Gasteiger partial charge in [0.15, 0.2) is 0 Å². The summed E-state index contributed by atoms with van der Waals surface area (Å²) in [6, 6.07) is 0. The van der Waals surface area contributed by atoms with E-state index in [0.29, 0.717) is 0 Å². The summed E-state index contributed by atoms with van der Waals surface area (Å²) >= 11 is 1.64. The Morgan fingerprint density at radius 3 is 2.89 bits per heavy atom. The SMILES string of the molecule is NCCCCCN1CCCN(c2nncs2)CC1. The molecule has 102 valence electrons. The average Bonchev–Trinajstić information content (AvgIpc) is 2.82. The van der Waals surface area contributed by atoms with Crippen LogP contribution in [0.5, 0.6) is 0 Å². The summed E-state index contributed by atoms with van der Waals surface area (Å²) < 4.78 is 0. The second-order valence-electron chi connectivity index (χ2n) is 4.75. The first-order valence-corrected chi connectivity index (χ1v) is 7.71. The molecule has 6 heteroatoms. The summed E-state index contributed by atoms with van der Waals surface area (Å²) in [6.45, 7) is 6.56. The van der Waals surface area contributed by atoms with Gasteiger partial charge in [-0.2, -0.15) is 0 Å². The van der Waals surface area contributed by atoms with Gasteiger partial charge in [0, 0.05) is 19.6 Å². The smallest absolute Gasteiger partial charge is 0.208 e. The lowest BCUT2D eigenvalue weighted by Crippen LogP contribution is -2.31. The Morgan fingerprint density at radius 1 is 1.17 bits per heavy atom. The van der Waals surface area contributed by atoms with Crippen molar-refractivity contribution >= 4 is 16.5 Å². The maximum absolute atomic E-state index is 5.51. The Balaban J connectivity index is 1.71. The Hall–Kier alpha value is -0.720. The van der Waals surface area contributed by atoms with Crippen LogP contribution in [0.1, 0.15) is 25.7 Å². The highest BCUT2D eigenvalue weighted by Crippen LogP contribution is 2.17. The summed E-state index contributed by atoms with van der Waals surface area (Å²) in [5, 5.41) is 9.14. The molecule has 1 aliphatic heterocycles. The van der Waals surface area contributed by atoms with Crippen LogP contribution in [0, 0.1) is 0 Å². The van der Waals surface area contributed by atoms with Crippen molar-refractivity contribution in [2.75, 3.05) is 44.2 Å². The molecule has 0 amide bonds. The molecule has 0 aromatic carbocycles. The summed E-state index contributed by atoms with van der Waals surface area (Å²) in [5.74, 6) is 0. The molecule has 0 aliphatic carbocycles. The van der Waals surface area contributed by atoms with E-state index in [-0.39, 0.29) is 0 Å². The zero-order valence-corrected chi connectivity index (χ0v) is 11.7. The third-order valence-corrected chi connectivity index (χ3v) is 4.14. The molecule has 1 aliphatic rings. The van der Waals surface area contributed by atoms with Crippen molar-refractivity contribution in [2.24, 2.45) is 5.73 Å². The molecular weight excluding hydrogens is 246 g/mol. The summed E-state index contributed by atoms with van der Waals surface area (Å²) in [6.07, 6.45) is 4.91. The van der Waals surface area contributed by atoms with Crippen LogP contribution in [0.2, 0.25) is 0 Å². The predicted octanol–water partition coefficient (Wildman–Crippen LogP) is 1.18. The Kier molecular flexibility index (Phi) is 5.83. The van der Waals surface area contributed by atoms with Gasteiger partial charge in [-0.15, -0.1) is 10.2 Å². The molecule has 1 fully saturated rings. The van der Waals surface area contributed by atoms with Crippen molar-refractivity contribution in [3.63, 3.8) is 0 Å². The van der Waals surface area contributed by atoms with E-state index in [1.807, 2.05) is 5.51 Å². The summed E-state index contributed by atoms with van der Waals surface area (Å²) in [4.78, 5) is 4.93. The topological polar surface area (TPSA) is 58.3 Å². The summed E-state index contributed by atoms with van der Waals surface area (Å²) in [7, 11) is 0. The standard InChI is InChI=1S/C12H23N5S/c13-5-2-1-3-6-16-7-4-8-17(10-9-16)12-15-14-11-18-12/h11H,1-10,13H2. The van der Waals surface area contributed by atoms with Crippen LogP contribution in [0.25, 0.3) is 0 Å². The monoisotopic (exact) mass is 269 g/mol. The van der Waals surface area contributed by atoms with E-state index < -0.39 is 0 Å². The van der Waals surface area contributed by atoms with Crippen LogP contribution in [-0.4, -0.2) is 54.4 Å². The number of unbranched alkanes of at least 4 members (excludes halogenated alkanes) is 2. The number of aromatic nitrogens is 2. The zero-order valence-electron chi connectivity index (χ0n) is 10.9. The Labute approximate surface area is 113 Å². The van der Waals surface area contributed by atoms with Gasteiger partial charge in [0.2, 0.25) is 5.13 Å². The molecular formula is C12H23N5S. The molecule has 1 saturated heterocycles. The largest absolute Gasteiger partial charge is 0.345 e. The minimum absolute atomic E-state index is 0.824. The van der Waals surface area contributed by atoms with Crippen molar-refractivity contribution < 1.29 is 0 Å². The molecule has 0 spiro atoms. The Morgan fingerprint density at radius 2 is 2.11 bits per heavy atom. The lowest BCUT2D eigenvalue weighted by Gasteiger charge is -2.21. The summed E-state index contributed by atoms with van der Waals surface area (Å²) in [5.41, 5.74) is 7.32. The maximum Gasteiger partial charge on any atom is 0.208 e. The van der Waals surface area contributed by atoms with Gasteiger partial charge in [0.25, 0.3) is 0 Å². The highest BCUT2D eigenvalue weighted by Gasteiger charge is 2.16. The molecule has 1 aromatic heterocycles. The van der Waals surface area contributed by atoms with E-state index >= 15 is 0 Å². The minimum atomic E-state index is 0.824. The van der Waals surface area contributed by atoms with E-state index in [1.54, 1.807) is 11.3 Å². The number of hydrogen-bond donors (Lipinski definition) is 1. The highest BCUT2D eigenvalue weighted by molar-refractivity contribution is 7.13. The van der Waals surface area contributed by atoms with Crippen LogP contribution in [-0.2, 0) is 0 Å². The lowest BCUT2D eigenvalue weighted by atomic mass is 10.2.